The molecule has 3 heterocycles. The first-order chi connectivity index (χ1) is 12.6. The van der Waals surface area contributed by atoms with Gasteiger partial charge in [0, 0.05) is 18.0 Å². The van der Waals surface area contributed by atoms with E-state index in [-0.39, 0.29) is 5.60 Å². The number of anilines is 1. The number of methoxy groups -OCH3 is 2. The number of ether oxygens (including phenoxy) is 3. The number of thiazole rings is 1. The maximum Gasteiger partial charge on any atom is 0.185 e. The van der Waals surface area contributed by atoms with Crippen LogP contribution in [0.2, 0.25) is 0 Å². The highest BCUT2D eigenvalue weighted by atomic mass is 32.1. The summed E-state index contributed by atoms with van der Waals surface area (Å²) in [6.45, 7) is 6.90. The van der Waals surface area contributed by atoms with Crippen LogP contribution in [0.1, 0.15) is 34.5 Å². The van der Waals surface area contributed by atoms with E-state index in [1.54, 1.807) is 25.6 Å². The lowest BCUT2D eigenvalue weighted by molar-refractivity contribution is -0.0768. The Labute approximate surface area is 158 Å². The average molecular weight is 375 g/mol. The van der Waals surface area contributed by atoms with E-state index in [4.69, 9.17) is 19.2 Å². The van der Waals surface area contributed by atoms with Crippen molar-refractivity contribution in [3.8, 4) is 11.5 Å². The summed E-state index contributed by atoms with van der Waals surface area (Å²) < 4.78 is 17.4. The van der Waals surface area contributed by atoms with E-state index in [2.05, 4.69) is 30.9 Å². The van der Waals surface area contributed by atoms with Crippen molar-refractivity contribution in [2.45, 2.75) is 38.7 Å². The summed E-state index contributed by atoms with van der Waals surface area (Å²) in [5.41, 5.74) is 3.52. The van der Waals surface area contributed by atoms with Gasteiger partial charge in [0.1, 0.15) is 0 Å². The van der Waals surface area contributed by atoms with Gasteiger partial charge in [0.15, 0.2) is 16.6 Å². The highest BCUT2D eigenvalue weighted by Gasteiger charge is 2.42. The molecule has 1 spiro atoms. The molecule has 0 unspecified atom stereocenters. The summed E-state index contributed by atoms with van der Waals surface area (Å²) in [7, 11) is 3.38. The fourth-order valence-corrected chi connectivity index (χ4v) is 5.01. The topological polar surface area (TPSA) is 43.8 Å². The molecule has 0 amide bonds. The molecule has 0 radical (unpaired) electrons. The third-order valence-corrected chi connectivity index (χ3v) is 6.84. The first-order valence-electron chi connectivity index (χ1n) is 9.14. The van der Waals surface area contributed by atoms with E-state index < -0.39 is 0 Å². The Hall–Kier alpha value is -1.79. The molecule has 0 bridgehead atoms. The van der Waals surface area contributed by atoms with Crippen LogP contribution < -0.4 is 14.4 Å². The van der Waals surface area contributed by atoms with Gasteiger partial charge in [-0.05, 0) is 56.4 Å². The molecule has 4 rings (SSSR count). The number of hydrogen-bond acceptors (Lipinski definition) is 6. The van der Waals surface area contributed by atoms with Gasteiger partial charge < -0.3 is 19.1 Å². The van der Waals surface area contributed by atoms with Crippen LogP contribution in [0, 0.1) is 13.8 Å². The summed E-state index contributed by atoms with van der Waals surface area (Å²) in [5, 5.41) is 1.14. The zero-order valence-corrected chi connectivity index (χ0v) is 16.7. The van der Waals surface area contributed by atoms with E-state index in [0.717, 1.165) is 61.3 Å². The lowest BCUT2D eigenvalue weighted by Crippen LogP contribution is -2.46. The van der Waals surface area contributed by atoms with Gasteiger partial charge in [-0.3, -0.25) is 0 Å². The van der Waals surface area contributed by atoms with Gasteiger partial charge in [0.25, 0.3) is 0 Å². The molecule has 1 aromatic carbocycles. The average Bonchev–Trinajstić information content (AvgIpc) is 3.00. The quantitative estimate of drug-likeness (QED) is 0.817. The molecule has 0 aliphatic carbocycles. The van der Waals surface area contributed by atoms with Crippen LogP contribution >= 0.6 is 11.3 Å². The third kappa shape index (κ3) is 2.85. The second-order valence-corrected chi connectivity index (χ2v) is 8.26. The van der Waals surface area contributed by atoms with Crippen LogP contribution in [0.25, 0.3) is 0 Å². The zero-order chi connectivity index (χ0) is 18.3. The fraction of sp³-hybridized carbons (Fsp3) is 0.550. The summed E-state index contributed by atoms with van der Waals surface area (Å²) in [5.74, 6) is 1.58. The van der Waals surface area contributed by atoms with Gasteiger partial charge in [-0.2, -0.15) is 0 Å². The minimum absolute atomic E-state index is 0.217. The Morgan fingerprint density at radius 1 is 1.12 bits per heavy atom. The molecule has 26 heavy (non-hydrogen) atoms. The summed E-state index contributed by atoms with van der Waals surface area (Å²) in [6, 6.07) is 4.25. The first-order valence-corrected chi connectivity index (χ1v) is 9.96. The lowest BCUT2D eigenvalue weighted by Gasteiger charge is -2.45. The molecule has 0 N–H and O–H groups in total. The van der Waals surface area contributed by atoms with Gasteiger partial charge >= 0.3 is 0 Å². The van der Waals surface area contributed by atoms with Gasteiger partial charge in [0.2, 0.25) is 0 Å². The predicted molar refractivity (Wildman–Crippen MR) is 104 cm³/mol. The molecule has 0 saturated carbocycles. The summed E-state index contributed by atoms with van der Waals surface area (Å²) in [6.07, 6.45) is 2.85. The maximum atomic E-state index is 6.38. The second-order valence-electron chi connectivity index (χ2n) is 7.08. The number of nitrogens with zero attached hydrogens (tertiary/aromatic N) is 2. The molecule has 1 saturated heterocycles. The maximum absolute atomic E-state index is 6.38. The minimum atomic E-state index is -0.217. The van der Waals surface area contributed by atoms with E-state index in [9.17, 15) is 0 Å². The standard InChI is InChI=1S/C20H26N2O3S/c1-13-14(2)26-19(21-13)22-8-6-20(7-9-22)16-12-18(24-4)17(23-3)11-15(16)5-10-25-20/h11-12H,5-10H2,1-4H3. The number of aromatic nitrogens is 1. The van der Waals surface area contributed by atoms with Crippen LogP contribution in [0.4, 0.5) is 5.13 Å². The van der Waals surface area contributed by atoms with E-state index in [1.165, 1.54) is 16.0 Å². The normalized spacial score (nSPS) is 18.7. The molecule has 6 heteroatoms. The van der Waals surface area contributed by atoms with Crippen LogP contribution in [-0.2, 0) is 16.8 Å². The number of rotatable bonds is 3. The Kier molecular flexibility index (Phi) is 4.57. The number of aryl methyl sites for hydroxylation is 2. The smallest absolute Gasteiger partial charge is 0.185 e. The number of benzene rings is 1. The van der Waals surface area contributed by atoms with Crippen LogP contribution in [-0.4, -0.2) is 38.9 Å². The Morgan fingerprint density at radius 2 is 1.81 bits per heavy atom. The van der Waals surface area contributed by atoms with Gasteiger partial charge in [-0.15, -0.1) is 11.3 Å². The van der Waals surface area contributed by atoms with E-state index >= 15 is 0 Å². The zero-order valence-electron chi connectivity index (χ0n) is 15.9. The lowest BCUT2D eigenvalue weighted by atomic mass is 9.79. The van der Waals surface area contributed by atoms with Gasteiger partial charge in [-0.25, -0.2) is 4.98 Å². The molecular weight excluding hydrogens is 348 g/mol. The molecule has 1 fully saturated rings. The van der Waals surface area contributed by atoms with Crippen molar-refractivity contribution in [2.24, 2.45) is 0 Å². The van der Waals surface area contributed by atoms with Gasteiger partial charge in [0.05, 0.1) is 32.1 Å². The highest BCUT2D eigenvalue weighted by molar-refractivity contribution is 7.15. The van der Waals surface area contributed by atoms with Crippen molar-refractivity contribution in [3.05, 3.63) is 33.8 Å². The third-order valence-electron chi connectivity index (χ3n) is 5.71. The van der Waals surface area contributed by atoms with Crippen molar-refractivity contribution < 1.29 is 14.2 Å². The highest BCUT2D eigenvalue weighted by Crippen LogP contribution is 2.46. The minimum Gasteiger partial charge on any atom is -0.493 e. The Balaban J connectivity index is 1.61. The van der Waals surface area contributed by atoms with Crippen molar-refractivity contribution >= 4 is 16.5 Å². The second kappa shape index (κ2) is 6.74. The van der Waals surface area contributed by atoms with E-state index in [1.807, 2.05) is 0 Å². The van der Waals surface area contributed by atoms with Crippen molar-refractivity contribution in [1.29, 1.82) is 0 Å². The molecule has 2 aliphatic heterocycles. The molecular formula is C20H26N2O3S. The first kappa shape index (κ1) is 17.6. The molecule has 2 aromatic rings. The Morgan fingerprint density at radius 3 is 2.42 bits per heavy atom. The molecule has 2 aliphatic rings. The van der Waals surface area contributed by atoms with Crippen LogP contribution in [0.15, 0.2) is 12.1 Å². The predicted octanol–water partition coefficient (Wildman–Crippen LogP) is 3.85. The largest absolute Gasteiger partial charge is 0.493 e. The molecule has 1 aromatic heterocycles. The fourth-order valence-electron chi connectivity index (χ4n) is 4.05. The van der Waals surface area contributed by atoms with Crippen molar-refractivity contribution in [1.82, 2.24) is 4.98 Å². The molecule has 5 nitrogen and oxygen atoms in total. The summed E-state index contributed by atoms with van der Waals surface area (Å²) in [4.78, 5) is 8.43. The summed E-state index contributed by atoms with van der Waals surface area (Å²) >= 11 is 1.79. The molecule has 140 valence electrons. The van der Waals surface area contributed by atoms with Crippen molar-refractivity contribution in [3.63, 3.8) is 0 Å². The number of fused-ring (bicyclic) bond motifs is 2. The van der Waals surface area contributed by atoms with Crippen LogP contribution in [0.3, 0.4) is 0 Å². The Bertz CT molecular complexity index is 790. The SMILES string of the molecule is COc1cc2c(cc1OC)C1(CCN(c3nc(C)c(C)s3)CC1)OCC2. The monoisotopic (exact) mass is 374 g/mol. The number of piperidine rings is 1. The van der Waals surface area contributed by atoms with Crippen LogP contribution in [0.5, 0.6) is 11.5 Å². The van der Waals surface area contributed by atoms with Crippen molar-refractivity contribution in [2.75, 3.05) is 38.8 Å². The van der Waals surface area contributed by atoms with Gasteiger partial charge in [-0.1, -0.05) is 0 Å². The van der Waals surface area contributed by atoms with E-state index in [0.29, 0.717) is 0 Å². The molecule has 0 atom stereocenters. The number of hydrogen-bond donors (Lipinski definition) is 0.